The zero-order valence-corrected chi connectivity index (χ0v) is 15.2. The Bertz CT molecular complexity index is 792. The van der Waals surface area contributed by atoms with Gasteiger partial charge < -0.3 is 19.5 Å². The lowest BCUT2D eigenvalue weighted by molar-refractivity contribution is -0.141. The monoisotopic (exact) mass is 369 g/mol. The predicted molar refractivity (Wildman–Crippen MR) is 99.7 cm³/mol. The SMILES string of the molecule is CCOc1cccc(C2CN(C(=O)OCc3ccccc3)CC2C(=O)O)c1. The third kappa shape index (κ3) is 4.58. The number of rotatable bonds is 6. The molecule has 1 fully saturated rings. The summed E-state index contributed by atoms with van der Waals surface area (Å²) in [5, 5.41) is 9.62. The van der Waals surface area contributed by atoms with Crippen molar-refractivity contribution < 1.29 is 24.2 Å². The molecular weight excluding hydrogens is 346 g/mol. The summed E-state index contributed by atoms with van der Waals surface area (Å²) in [7, 11) is 0. The number of hydrogen-bond donors (Lipinski definition) is 1. The minimum atomic E-state index is -0.917. The van der Waals surface area contributed by atoms with Gasteiger partial charge in [-0.05, 0) is 30.2 Å². The van der Waals surface area contributed by atoms with Crippen LogP contribution in [0.15, 0.2) is 54.6 Å². The van der Waals surface area contributed by atoms with E-state index in [1.54, 1.807) is 0 Å². The molecule has 1 heterocycles. The van der Waals surface area contributed by atoms with Crippen molar-refractivity contribution >= 4 is 12.1 Å². The second kappa shape index (κ2) is 8.58. The molecule has 0 saturated carbocycles. The lowest BCUT2D eigenvalue weighted by atomic mass is 9.89. The summed E-state index contributed by atoms with van der Waals surface area (Å²) in [6.07, 6.45) is -0.492. The molecule has 6 heteroatoms. The van der Waals surface area contributed by atoms with Crippen molar-refractivity contribution in [3.05, 3.63) is 65.7 Å². The van der Waals surface area contributed by atoms with Gasteiger partial charge in [0.25, 0.3) is 0 Å². The van der Waals surface area contributed by atoms with E-state index in [2.05, 4.69) is 0 Å². The second-order valence-corrected chi connectivity index (χ2v) is 6.50. The largest absolute Gasteiger partial charge is 0.494 e. The minimum Gasteiger partial charge on any atom is -0.494 e. The zero-order valence-electron chi connectivity index (χ0n) is 15.2. The standard InChI is InChI=1S/C21H23NO5/c1-2-26-17-10-6-9-16(11-17)18-12-22(13-19(18)20(23)24)21(25)27-14-15-7-4-3-5-8-15/h3-11,18-19H,2,12-14H2,1H3,(H,23,24). The Balaban J connectivity index is 1.70. The van der Waals surface area contributed by atoms with E-state index in [-0.39, 0.29) is 19.1 Å². The van der Waals surface area contributed by atoms with Crippen molar-refractivity contribution in [2.45, 2.75) is 19.4 Å². The summed E-state index contributed by atoms with van der Waals surface area (Å²) in [6.45, 7) is 3.03. The topological polar surface area (TPSA) is 76.1 Å². The molecule has 0 aromatic heterocycles. The quantitative estimate of drug-likeness (QED) is 0.843. The highest BCUT2D eigenvalue weighted by Gasteiger charge is 2.41. The fourth-order valence-electron chi connectivity index (χ4n) is 3.35. The average molecular weight is 369 g/mol. The second-order valence-electron chi connectivity index (χ2n) is 6.50. The molecule has 1 saturated heterocycles. The third-order valence-corrected chi connectivity index (χ3v) is 4.70. The van der Waals surface area contributed by atoms with Gasteiger partial charge in [-0.3, -0.25) is 4.79 Å². The molecule has 142 valence electrons. The highest BCUT2D eigenvalue weighted by Crippen LogP contribution is 2.34. The fourth-order valence-corrected chi connectivity index (χ4v) is 3.35. The van der Waals surface area contributed by atoms with Gasteiger partial charge in [0.05, 0.1) is 12.5 Å². The smallest absolute Gasteiger partial charge is 0.410 e. The summed E-state index contributed by atoms with van der Waals surface area (Å²) in [5.74, 6) is -1.19. The van der Waals surface area contributed by atoms with Gasteiger partial charge in [0.2, 0.25) is 0 Å². The predicted octanol–water partition coefficient (Wildman–Crippen LogP) is 3.52. The number of likely N-dealkylation sites (tertiary alicyclic amines) is 1. The van der Waals surface area contributed by atoms with Gasteiger partial charge in [-0.15, -0.1) is 0 Å². The van der Waals surface area contributed by atoms with Crippen molar-refractivity contribution in [1.82, 2.24) is 4.90 Å². The Labute approximate surface area is 158 Å². The number of aliphatic carboxylic acids is 1. The first-order valence-electron chi connectivity index (χ1n) is 8.99. The van der Waals surface area contributed by atoms with Crippen molar-refractivity contribution in [3.8, 4) is 5.75 Å². The van der Waals surface area contributed by atoms with E-state index in [1.807, 2.05) is 61.5 Å². The molecule has 3 rings (SSSR count). The Morgan fingerprint density at radius 3 is 2.59 bits per heavy atom. The molecule has 1 N–H and O–H groups in total. The van der Waals surface area contributed by atoms with Crippen LogP contribution in [0.25, 0.3) is 0 Å². The highest BCUT2D eigenvalue weighted by molar-refractivity contribution is 5.75. The number of ether oxygens (including phenoxy) is 2. The molecule has 1 aliphatic rings. The van der Waals surface area contributed by atoms with Crippen LogP contribution in [-0.2, 0) is 16.1 Å². The Hall–Kier alpha value is -3.02. The molecule has 0 aliphatic carbocycles. The van der Waals surface area contributed by atoms with Crippen LogP contribution in [0.5, 0.6) is 5.75 Å². The van der Waals surface area contributed by atoms with Crippen molar-refractivity contribution in [2.24, 2.45) is 5.92 Å². The number of carbonyl (C=O) groups is 2. The molecule has 6 nitrogen and oxygen atoms in total. The summed E-state index contributed by atoms with van der Waals surface area (Å²) in [6, 6.07) is 16.8. The Morgan fingerprint density at radius 2 is 1.89 bits per heavy atom. The van der Waals surface area contributed by atoms with Gasteiger partial charge in [-0.2, -0.15) is 0 Å². The molecule has 2 aromatic carbocycles. The molecule has 2 atom stereocenters. The molecule has 27 heavy (non-hydrogen) atoms. The summed E-state index contributed by atoms with van der Waals surface area (Å²) in [4.78, 5) is 25.6. The fraction of sp³-hybridized carbons (Fsp3) is 0.333. The first-order valence-corrected chi connectivity index (χ1v) is 8.99. The first kappa shape index (κ1) is 18.8. The molecule has 1 aliphatic heterocycles. The van der Waals surface area contributed by atoms with Crippen LogP contribution in [-0.4, -0.2) is 41.8 Å². The first-order chi connectivity index (χ1) is 13.1. The maximum Gasteiger partial charge on any atom is 0.410 e. The number of benzene rings is 2. The van der Waals surface area contributed by atoms with Gasteiger partial charge in [0.1, 0.15) is 12.4 Å². The zero-order chi connectivity index (χ0) is 19.2. The van der Waals surface area contributed by atoms with Gasteiger partial charge in [0.15, 0.2) is 0 Å². The number of nitrogens with zero attached hydrogens (tertiary/aromatic N) is 1. The van der Waals surface area contributed by atoms with Gasteiger partial charge in [-0.1, -0.05) is 42.5 Å². The van der Waals surface area contributed by atoms with Crippen LogP contribution in [0.4, 0.5) is 4.79 Å². The molecule has 2 unspecified atom stereocenters. The maximum absolute atomic E-state index is 12.4. The van der Waals surface area contributed by atoms with Crippen molar-refractivity contribution in [1.29, 1.82) is 0 Å². The minimum absolute atomic E-state index is 0.131. The normalized spacial score (nSPS) is 18.9. The van der Waals surface area contributed by atoms with E-state index in [4.69, 9.17) is 9.47 Å². The molecule has 2 aromatic rings. The van der Waals surface area contributed by atoms with E-state index < -0.39 is 18.0 Å². The Morgan fingerprint density at radius 1 is 1.11 bits per heavy atom. The van der Waals surface area contributed by atoms with E-state index in [0.717, 1.165) is 11.1 Å². The van der Waals surface area contributed by atoms with Crippen molar-refractivity contribution in [2.75, 3.05) is 19.7 Å². The van der Waals surface area contributed by atoms with E-state index in [9.17, 15) is 14.7 Å². The van der Waals surface area contributed by atoms with Crippen molar-refractivity contribution in [3.63, 3.8) is 0 Å². The number of carboxylic acid groups (broad SMARTS) is 1. The third-order valence-electron chi connectivity index (χ3n) is 4.70. The van der Waals surface area contributed by atoms with E-state index in [1.165, 1.54) is 4.90 Å². The Kier molecular flexibility index (Phi) is 5.96. The average Bonchev–Trinajstić information content (AvgIpc) is 3.13. The summed E-state index contributed by atoms with van der Waals surface area (Å²) < 4.78 is 10.9. The number of carbonyl (C=O) groups excluding carboxylic acids is 1. The molecule has 0 radical (unpaired) electrons. The van der Waals surface area contributed by atoms with Crippen LogP contribution in [0, 0.1) is 5.92 Å². The number of hydrogen-bond acceptors (Lipinski definition) is 4. The van der Waals surface area contributed by atoms with Crippen LogP contribution in [0.3, 0.4) is 0 Å². The van der Waals surface area contributed by atoms with Gasteiger partial charge >= 0.3 is 12.1 Å². The highest BCUT2D eigenvalue weighted by atomic mass is 16.6. The van der Waals surface area contributed by atoms with Gasteiger partial charge in [-0.25, -0.2) is 4.79 Å². The van der Waals surface area contributed by atoms with Crippen LogP contribution < -0.4 is 4.74 Å². The molecule has 1 amide bonds. The van der Waals surface area contributed by atoms with Crippen LogP contribution in [0.1, 0.15) is 24.0 Å². The van der Waals surface area contributed by atoms with E-state index >= 15 is 0 Å². The summed E-state index contributed by atoms with van der Waals surface area (Å²) >= 11 is 0. The molecule has 0 spiro atoms. The molecular formula is C21H23NO5. The lowest BCUT2D eigenvalue weighted by Crippen LogP contribution is -2.30. The summed E-state index contributed by atoms with van der Waals surface area (Å²) in [5.41, 5.74) is 1.74. The van der Waals surface area contributed by atoms with Crippen LogP contribution >= 0.6 is 0 Å². The lowest BCUT2D eigenvalue weighted by Gasteiger charge is -2.17. The number of carboxylic acids is 1. The molecule has 0 bridgehead atoms. The maximum atomic E-state index is 12.4. The van der Waals surface area contributed by atoms with Gasteiger partial charge in [0, 0.05) is 19.0 Å². The number of amides is 1. The van der Waals surface area contributed by atoms with E-state index in [0.29, 0.717) is 18.9 Å². The van der Waals surface area contributed by atoms with Crippen LogP contribution in [0.2, 0.25) is 0 Å².